The van der Waals surface area contributed by atoms with Crippen molar-refractivity contribution in [2.75, 3.05) is 25.1 Å². The first-order valence-corrected chi connectivity index (χ1v) is 7.93. The maximum atomic E-state index is 5.88. The van der Waals surface area contributed by atoms with Crippen LogP contribution in [0.15, 0.2) is 36.7 Å². The Morgan fingerprint density at radius 1 is 1.17 bits per heavy atom. The Labute approximate surface area is 139 Å². The summed E-state index contributed by atoms with van der Waals surface area (Å²) in [5, 5.41) is 0. The van der Waals surface area contributed by atoms with Gasteiger partial charge in [0.05, 0.1) is 37.1 Å². The molecule has 1 aromatic carbocycles. The highest BCUT2D eigenvalue weighted by Gasteiger charge is 2.27. The molecule has 1 fully saturated rings. The van der Waals surface area contributed by atoms with E-state index in [0.29, 0.717) is 11.8 Å². The van der Waals surface area contributed by atoms with Crippen LogP contribution in [0.25, 0.3) is 11.0 Å². The van der Waals surface area contributed by atoms with Crippen molar-refractivity contribution in [3.05, 3.63) is 36.7 Å². The number of ether oxygens (including phenoxy) is 2. The number of hydrogen-bond acceptors (Lipinski definition) is 6. The van der Waals surface area contributed by atoms with E-state index < -0.39 is 0 Å². The van der Waals surface area contributed by atoms with Gasteiger partial charge in [-0.05, 0) is 12.1 Å². The van der Waals surface area contributed by atoms with Gasteiger partial charge < -0.3 is 18.9 Å². The van der Waals surface area contributed by atoms with E-state index in [0.717, 1.165) is 36.5 Å². The minimum atomic E-state index is 0.0539. The molecule has 2 aromatic heterocycles. The molecular formula is C17H19N5O2. The van der Waals surface area contributed by atoms with E-state index in [9.17, 15) is 0 Å². The van der Waals surface area contributed by atoms with Gasteiger partial charge in [-0.25, -0.2) is 4.98 Å². The van der Waals surface area contributed by atoms with Crippen molar-refractivity contribution in [2.45, 2.75) is 12.5 Å². The van der Waals surface area contributed by atoms with Crippen molar-refractivity contribution in [1.29, 1.82) is 0 Å². The number of imidazole rings is 1. The van der Waals surface area contributed by atoms with E-state index in [4.69, 9.17) is 14.5 Å². The molecule has 0 aliphatic carbocycles. The van der Waals surface area contributed by atoms with Crippen LogP contribution in [0.5, 0.6) is 11.8 Å². The molecule has 7 heteroatoms. The highest BCUT2D eigenvalue weighted by molar-refractivity contribution is 5.78. The van der Waals surface area contributed by atoms with E-state index in [1.165, 1.54) is 0 Å². The molecular weight excluding hydrogens is 306 g/mol. The first kappa shape index (κ1) is 14.7. The van der Waals surface area contributed by atoms with Gasteiger partial charge in [-0.1, -0.05) is 12.1 Å². The molecule has 0 saturated carbocycles. The number of hydrogen-bond donors (Lipinski definition) is 0. The molecule has 1 saturated heterocycles. The zero-order valence-electron chi connectivity index (χ0n) is 13.7. The molecule has 7 nitrogen and oxygen atoms in total. The van der Waals surface area contributed by atoms with E-state index in [1.54, 1.807) is 19.5 Å². The zero-order chi connectivity index (χ0) is 16.5. The number of aryl methyl sites for hydroxylation is 1. The highest BCUT2D eigenvalue weighted by Crippen LogP contribution is 2.25. The summed E-state index contributed by atoms with van der Waals surface area (Å²) < 4.78 is 13.1. The Bertz CT molecular complexity index is 846. The van der Waals surface area contributed by atoms with E-state index in [-0.39, 0.29) is 6.10 Å². The number of methoxy groups -OCH3 is 1. The summed E-state index contributed by atoms with van der Waals surface area (Å²) in [5.41, 5.74) is 2.15. The van der Waals surface area contributed by atoms with Crippen LogP contribution in [0.1, 0.15) is 6.42 Å². The molecule has 1 atom stereocenters. The molecule has 1 aliphatic heterocycles. The number of para-hydroxylation sites is 2. The topological polar surface area (TPSA) is 65.3 Å². The summed E-state index contributed by atoms with van der Waals surface area (Å²) in [4.78, 5) is 15.3. The second kappa shape index (κ2) is 5.99. The van der Waals surface area contributed by atoms with Gasteiger partial charge in [-0.3, -0.25) is 0 Å². The Balaban J connectivity index is 1.48. The molecule has 0 radical (unpaired) electrons. The number of nitrogens with zero attached hydrogens (tertiary/aromatic N) is 5. The quantitative estimate of drug-likeness (QED) is 0.731. The molecule has 1 unspecified atom stereocenters. The van der Waals surface area contributed by atoms with Gasteiger partial charge in [0.1, 0.15) is 6.10 Å². The van der Waals surface area contributed by atoms with E-state index in [2.05, 4.69) is 25.5 Å². The van der Waals surface area contributed by atoms with Crippen LogP contribution < -0.4 is 14.4 Å². The summed E-state index contributed by atoms with van der Waals surface area (Å²) in [6.07, 6.45) is 4.19. The Kier molecular flexibility index (Phi) is 3.68. The summed E-state index contributed by atoms with van der Waals surface area (Å²) >= 11 is 0. The lowest BCUT2D eigenvalue weighted by molar-refractivity contribution is 0.205. The largest absolute Gasteiger partial charge is 0.494 e. The van der Waals surface area contributed by atoms with Gasteiger partial charge in [0, 0.05) is 20.0 Å². The van der Waals surface area contributed by atoms with Crippen LogP contribution in [0.2, 0.25) is 0 Å². The number of fused-ring (bicyclic) bond motifs is 1. The third-order valence-electron chi connectivity index (χ3n) is 4.30. The number of benzene rings is 1. The molecule has 4 rings (SSSR count). The molecule has 3 heterocycles. The van der Waals surface area contributed by atoms with Gasteiger partial charge in [-0.15, -0.1) is 0 Å². The third kappa shape index (κ3) is 2.62. The fourth-order valence-corrected chi connectivity index (χ4v) is 3.04. The van der Waals surface area contributed by atoms with Crippen LogP contribution in [-0.2, 0) is 7.05 Å². The van der Waals surface area contributed by atoms with Crippen LogP contribution in [0, 0.1) is 0 Å². The lowest BCUT2D eigenvalue weighted by atomic mass is 10.3. The fourth-order valence-electron chi connectivity index (χ4n) is 3.04. The second-order valence-corrected chi connectivity index (χ2v) is 5.84. The molecule has 1 aliphatic rings. The predicted octanol–water partition coefficient (Wildman–Crippen LogP) is 2.03. The van der Waals surface area contributed by atoms with Crippen molar-refractivity contribution in [3.63, 3.8) is 0 Å². The standard InChI is InChI=1S/C17H19N5O2/c1-21-15-6-4-3-5-14(15)20-17(21)22-8-7-12(11-22)24-16-18-9-13(23-2)10-19-16/h3-6,9-10,12H,7-8,11H2,1-2H3. The maximum Gasteiger partial charge on any atom is 0.316 e. The van der Waals surface area contributed by atoms with E-state index >= 15 is 0 Å². The van der Waals surface area contributed by atoms with Gasteiger partial charge in [0.25, 0.3) is 0 Å². The SMILES string of the molecule is COc1cnc(OC2CCN(c3nc4ccccc4n3C)C2)nc1. The monoisotopic (exact) mass is 325 g/mol. The highest BCUT2D eigenvalue weighted by atomic mass is 16.5. The van der Waals surface area contributed by atoms with Crippen LogP contribution in [0.3, 0.4) is 0 Å². The average Bonchev–Trinajstić information content (AvgIpc) is 3.21. The van der Waals surface area contributed by atoms with Gasteiger partial charge in [-0.2, -0.15) is 9.97 Å². The van der Waals surface area contributed by atoms with Gasteiger partial charge in [0.2, 0.25) is 5.95 Å². The van der Waals surface area contributed by atoms with Crippen molar-refractivity contribution in [3.8, 4) is 11.8 Å². The molecule has 0 N–H and O–H groups in total. The molecule has 0 bridgehead atoms. The molecule has 24 heavy (non-hydrogen) atoms. The minimum absolute atomic E-state index is 0.0539. The summed E-state index contributed by atoms with van der Waals surface area (Å²) in [7, 11) is 3.64. The minimum Gasteiger partial charge on any atom is -0.494 e. The lowest BCUT2D eigenvalue weighted by Gasteiger charge is -2.17. The maximum absolute atomic E-state index is 5.88. The predicted molar refractivity (Wildman–Crippen MR) is 90.5 cm³/mol. The third-order valence-corrected chi connectivity index (χ3v) is 4.30. The number of rotatable bonds is 4. The van der Waals surface area contributed by atoms with Crippen molar-refractivity contribution in [1.82, 2.24) is 19.5 Å². The molecule has 0 amide bonds. The Morgan fingerprint density at radius 3 is 2.71 bits per heavy atom. The number of aromatic nitrogens is 4. The normalized spacial score (nSPS) is 17.4. The van der Waals surface area contributed by atoms with Crippen LogP contribution in [-0.4, -0.2) is 45.8 Å². The zero-order valence-corrected chi connectivity index (χ0v) is 13.7. The van der Waals surface area contributed by atoms with Crippen LogP contribution >= 0.6 is 0 Å². The van der Waals surface area contributed by atoms with Gasteiger partial charge >= 0.3 is 6.01 Å². The Hall–Kier alpha value is -2.83. The average molecular weight is 325 g/mol. The lowest BCUT2D eigenvalue weighted by Crippen LogP contribution is -2.27. The van der Waals surface area contributed by atoms with Crippen molar-refractivity contribution in [2.24, 2.45) is 7.05 Å². The summed E-state index contributed by atoms with van der Waals surface area (Å²) in [6, 6.07) is 8.54. The smallest absolute Gasteiger partial charge is 0.316 e. The van der Waals surface area contributed by atoms with Crippen LogP contribution in [0.4, 0.5) is 5.95 Å². The second-order valence-electron chi connectivity index (χ2n) is 5.84. The van der Waals surface area contributed by atoms with Gasteiger partial charge in [0.15, 0.2) is 5.75 Å². The molecule has 3 aromatic rings. The van der Waals surface area contributed by atoms with Crippen molar-refractivity contribution >= 4 is 17.0 Å². The van der Waals surface area contributed by atoms with E-state index in [1.807, 2.05) is 25.2 Å². The molecule has 0 spiro atoms. The summed E-state index contributed by atoms with van der Waals surface area (Å²) in [5.74, 6) is 1.59. The first-order chi connectivity index (χ1) is 11.7. The summed E-state index contributed by atoms with van der Waals surface area (Å²) in [6.45, 7) is 1.67. The Morgan fingerprint density at radius 2 is 1.96 bits per heavy atom. The first-order valence-electron chi connectivity index (χ1n) is 7.93. The van der Waals surface area contributed by atoms with Crippen molar-refractivity contribution < 1.29 is 9.47 Å². The molecule has 124 valence electrons. The fraction of sp³-hybridized carbons (Fsp3) is 0.353. The number of anilines is 1.